The molecule has 16 heavy (non-hydrogen) atoms. The Bertz CT molecular complexity index is 365. The lowest BCUT2D eigenvalue weighted by Crippen LogP contribution is -2.16. The normalized spacial score (nSPS) is 12.2. The van der Waals surface area contributed by atoms with Gasteiger partial charge in [-0.15, -0.1) is 0 Å². The number of carbonyl (C=O) groups is 1. The van der Waals surface area contributed by atoms with Crippen molar-refractivity contribution in [1.29, 1.82) is 0 Å². The Morgan fingerprint density at radius 3 is 2.56 bits per heavy atom. The molecule has 1 atom stereocenters. The molecule has 0 radical (unpaired) electrons. The average Bonchev–Trinajstić information content (AvgIpc) is 2.25. The Morgan fingerprint density at radius 1 is 1.50 bits per heavy atom. The zero-order valence-corrected chi connectivity index (χ0v) is 8.74. The van der Waals surface area contributed by atoms with Crippen LogP contribution in [0.2, 0.25) is 0 Å². The number of rotatable bonds is 4. The van der Waals surface area contributed by atoms with Gasteiger partial charge in [-0.3, -0.25) is 9.78 Å². The van der Waals surface area contributed by atoms with E-state index in [0.717, 1.165) is 12.4 Å². The topological polar surface area (TPSA) is 65.2 Å². The lowest BCUT2D eigenvalue weighted by molar-refractivity contribution is -0.140. The largest absolute Gasteiger partial charge is 0.469 e. The van der Waals surface area contributed by atoms with Gasteiger partial charge in [-0.25, -0.2) is 8.78 Å². The first kappa shape index (κ1) is 12.5. The molecule has 6 heteroatoms. The number of hydrogen-bond donors (Lipinski definition) is 1. The van der Waals surface area contributed by atoms with Crippen molar-refractivity contribution < 1.29 is 18.3 Å². The number of nitrogens with zero attached hydrogens (tertiary/aromatic N) is 1. The quantitative estimate of drug-likeness (QED) is 0.792. The van der Waals surface area contributed by atoms with E-state index in [1.165, 1.54) is 7.11 Å². The number of methoxy groups -OCH3 is 1. The first-order valence-electron chi connectivity index (χ1n) is 4.67. The van der Waals surface area contributed by atoms with Crippen molar-refractivity contribution in [2.24, 2.45) is 5.73 Å². The molecule has 0 amide bonds. The predicted octanol–water partition coefficient (Wildman–Crippen LogP) is 1.31. The minimum absolute atomic E-state index is 0.0128. The maximum atomic E-state index is 13.2. The van der Waals surface area contributed by atoms with E-state index in [2.05, 4.69) is 9.72 Å². The van der Waals surface area contributed by atoms with Crippen LogP contribution in [0.25, 0.3) is 0 Å². The molecule has 88 valence electrons. The molecule has 4 nitrogen and oxygen atoms in total. The van der Waals surface area contributed by atoms with Crippen molar-refractivity contribution >= 4 is 5.97 Å². The molecule has 0 aliphatic heterocycles. The van der Waals surface area contributed by atoms with Gasteiger partial charge in [0.1, 0.15) is 11.6 Å². The summed E-state index contributed by atoms with van der Waals surface area (Å²) < 4.78 is 30.8. The number of ether oxygens (including phenoxy) is 1. The molecule has 0 bridgehead atoms. The van der Waals surface area contributed by atoms with Crippen LogP contribution in [-0.4, -0.2) is 18.1 Å². The highest BCUT2D eigenvalue weighted by Gasteiger charge is 2.18. The summed E-state index contributed by atoms with van der Waals surface area (Å²) >= 11 is 0. The highest BCUT2D eigenvalue weighted by molar-refractivity contribution is 5.69. The fraction of sp³-hybridized carbons (Fsp3) is 0.400. The molecule has 1 heterocycles. The zero-order chi connectivity index (χ0) is 12.1. The van der Waals surface area contributed by atoms with Crippen molar-refractivity contribution in [1.82, 2.24) is 4.98 Å². The fourth-order valence-electron chi connectivity index (χ4n) is 1.30. The molecule has 0 saturated heterocycles. The number of hydrogen-bond acceptors (Lipinski definition) is 4. The Morgan fingerprint density at radius 2 is 2.06 bits per heavy atom. The number of halogens is 2. The summed E-state index contributed by atoms with van der Waals surface area (Å²) in [5, 5.41) is 0. The van der Waals surface area contributed by atoms with Gasteiger partial charge in [-0.2, -0.15) is 0 Å². The van der Waals surface area contributed by atoms with E-state index in [4.69, 9.17) is 5.73 Å². The Hall–Kier alpha value is -1.56. The van der Waals surface area contributed by atoms with E-state index in [-0.39, 0.29) is 18.4 Å². The molecule has 1 rings (SSSR count). The predicted molar refractivity (Wildman–Crippen MR) is 52.3 cm³/mol. The Labute approximate surface area is 91.4 Å². The minimum atomic E-state index is -0.887. The SMILES string of the molecule is COC(=O)CCC(N)c1c(F)cncc1F. The number of pyridine rings is 1. The summed E-state index contributed by atoms with van der Waals surface area (Å²) in [5.41, 5.74) is 5.33. The monoisotopic (exact) mass is 230 g/mol. The summed E-state index contributed by atoms with van der Waals surface area (Å²) in [7, 11) is 1.24. The second kappa shape index (κ2) is 5.50. The van der Waals surface area contributed by atoms with Crippen molar-refractivity contribution in [3.8, 4) is 0 Å². The molecule has 2 N–H and O–H groups in total. The van der Waals surface area contributed by atoms with Crippen LogP contribution < -0.4 is 5.73 Å². The van der Waals surface area contributed by atoms with Crippen LogP contribution in [0.1, 0.15) is 24.4 Å². The summed E-state index contributed by atoms with van der Waals surface area (Å²) in [4.78, 5) is 14.2. The molecule has 0 aromatic carbocycles. The van der Waals surface area contributed by atoms with Crippen LogP contribution in [0.5, 0.6) is 0 Å². The third kappa shape index (κ3) is 2.96. The molecule has 0 aliphatic carbocycles. The third-order valence-corrected chi connectivity index (χ3v) is 2.15. The molecule has 0 aliphatic rings. The van der Waals surface area contributed by atoms with E-state index in [0.29, 0.717) is 0 Å². The standard InChI is InChI=1S/C10H12F2N2O2/c1-16-9(15)3-2-8(13)10-6(11)4-14-5-7(10)12/h4-5,8H,2-3,13H2,1H3. The lowest BCUT2D eigenvalue weighted by atomic mass is 10.0. The van der Waals surface area contributed by atoms with Crippen molar-refractivity contribution in [3.63, 3.8) is 0 Å². The molecule has 1 aromatic heterocycles. The molecule has 0 saturated carbocycles. The maximum Gasteiger partial charge on any atom is 0.305 e. The van der Waals surface area contributed by atoms with E-state index in [1.807, 2.05) is 0 Å². The van der Waals surface area contributed by atoms with Gasteiger partial charge in [0.15, 0.2) is 0 Å². The second-order valence-corrected chi connectivity index (χ2v) is 3.24. The highest BCUT2D eigenvalue weighted by atomic mass is 19.1. The van der Waals surface area contributed by atoms with Gasteiger partial charge in [0, 0.05) is 18.0 Å². The number of carbonyl (C=O) groups excluding carboxylic acids is 1. The number of aromatic nitrogens is 1. The molecule has 1 aromatic rings. The molecular formula is C10H12F2N2O2. The molecule has 1 unspecified atom stereocenters. The Balaban J connectivity index is 2.73. The van der Waals surface area contributed by atoms with Crippen LogP contribution in [0.3, 0.4) is 0 Å². The summed E-state index contributed by atoms with van der Waals surface area (Å²) in [6.07, 6.45) is 1.90. The van der Waals surface area contributed by atoms with Crippen molar-refractivity contribution in [2.75, 3.05) is 7.11 Å². The lowest BCUT2D eigenvalue weighted by Gasteiger charge is -2.12. The molecule has 0 spiro atoms. The second-order valence-electron chi connectivity index (χ2n) is 3.24. The molecular weight excluding hydrogens is 218 g/mol. The van der Waals surface area contributed by atoms with Crippen LogP contribution in [0, 0.1) is 11.6 Å². The van der Waals surface area contributed by atoms with Crippen LogP contribution >= 0.6 is 0 Å². The van der Waals surface area contributed by atoms with E-state index in [1.54, 1.807) is 0 Å². The van der Waals surface area contributed by atoms with E-state index >= 15 is 0 Å². The van der Waals surface area contributed by atoms with Gasteiger partial charge in [0.25, 0.3) is 0 Å². The number of esters is 1. The highest BCUT2D eigenvalue weighted by Crippen LogP contribution is 2.21. The first-order chi connectivity index (χ1) is 7.56. The van der Waals surface area contributed by atoms with Gasteiger partial charge in [-0.1, -0.05) is 0 Å². The van der Waals surface area contributed by atoms with Gasteiger partial charge >= 0.3 is 5.97 Å². The summed E-state index contributed by atoms with van der Waals surface area (Å²) in [5.74, 6) is -2.08. The fourth-order valence-corrected chi connectivity index (χ4v) is 1.30. The van der Waals surface area contributed by atoms with Crippen molar-refractivity contribution in [2.45, 2.75) is 18.9 Å². The van der Waals surface area contributed by atoms with Crippen LogP contribution in [0.4, 0.5) is 8.78 Å². The minimum Gasteiger partial charge on any atom is -0.469 e. The smallest absolute Gasteiger partial charge is 0.305 e. The van der Waals surface area contributed by atoms with E-state index in [9.17, 15) is 13.6 Å². The summed E-state index contributed by atoms with van der Waals surface area (Å²) in [6, 6.07) is -0.887. The van der Waals surface area contributed by atoms with Gasteiger partial charge < -0.3 is 10.5 Å². The van der Waals surface area contributed by atoms with Gasteiger partial charge in [0.05, 0.1) is 19.5 Å². The number of nitrogens with two attached hydrogens (primary N) is 1. The zero-order valence-electron chi connectivity index (χ0n) is 8.74. The van der Waals surface area contributed by atoms with Crippen LogP contribution in [0.15, 0.2) is 12.4 Å². The van der Waals surface area contributed by atoms with Crippen molar-refractivity contribution in [3.05, 3.63) is 29.6 Å². The van der Waals surface area contributed by atoms with Gasteiger partial charge in [-0.05, 0) is 6.42 Å². The maximum absolute atomic E-state index is 13.2. The third-order valence-electron chi connectivity index (χ3n) is 2.15. The molecule has 0 fully saturated rings. The van der Waals surface area contributed by atoms with Gasteiger partial charge in [0.2, 0.25) is 0 Å². The average molecular weight is 230 g/mol. The van der Waals surface area contributed by atoms with Crippen LogP contribution in [-0.2, 0) is 9.53 Å². The first-order valence-corrected chi connectivity index (χ1v) is 4.67. The Kier molecular flexibility index (Phi) is 4.30. The van der Waals surface area contributed by atoms with E-state index < -0.39 is 23.6 Å². The summed E-state index contributed by atoms with van der Waals surface area (Å²) in [6.45, 7) is 0.